The molecule has 5 nitrogen and oxygen atoms in total. The molecular weight excluding hydrogens is 220 g/mol. The Bertz CT molecular complexity index is 430. The van der Waals surface area contributed by atoms with Gasteiger partial charge in [-0.1, -0.05) is 13.3 Å². The van der Waals surface area contributed by atoms with E-state index in [0.29, 0.717) is 17.9 Å². The van der Waals surface area contributed by atoms with Gasteiger partial charge in [-0.05, 0) is 24.6 Å². The maximum Gasteiger partial charge on any atom is 0.252 e. The molecule has 1 aromatic rings. The topological polar surface area (TPSA) is 95.4 Å². The van der Waals surface area contributed by atoms with Gasteiger partial charge in [-0.25, -0.2) is 0 Å². The fourth-order valence-electron chi connectivity index (χ4n) is 1.33. The van der Waals surface area contributed by atoms with E-state index in [1.165, 1.54) is 18.2 Å². The molecule has 0 aliphatic carbocycles. The molecule has 92 valence electrons. The molecular formula is C12H16N2O3. The van der Waals surface area contributed by atoms with Gasteiger partial charge in [0.25, 0.3) is 5.91 Å². The summed E-state index contributed by atoms with van der Waals surface area (Å²) < 4.78 is 5.42. The van der Waals surface area contributed by atoms with Crippen molar-refractivity contribution in [2.24, 2.45) is 11.5 Å². The molecule has 4 N–H and O–H groups in total. The summed E-state index contributed by atoms with van der Waals surface area (Å²) in [6, 6.07) is 4.34. The molecule has 2 amide bonds. The lowest BCUT2D eigenvalue weighted by atomic mass is 10.1. The van der Waals surface area contributed by atoms with Gasteiger partial charge < -0.3 is 16.2 Å². The third-order valence-corrected chi connectivity index (χ3v) is 2.29. The molecule has 0 bridgehead atoms. The first kappa shape index (κ1) is 13.0. The lowest BCUT2D eigenvalue weighted by molar-refractivity contribution is 0.0984. The van der Waals surface area contributed by atoms with Crippen LogP contribution in [0.4, 0.5) is 0 Å². The number of nitrogens with two attached hydrogens (primary N) is 2. The number of hydrogen-bond acceptors (Lipinski definition) is 3. The zero-order chi connectivity index (χ0) is 12.8. The number of rotatable bonds is 6. The quantitative estimate of drug-likeness (QED) is 0.723. The Balaban J connectivity index is 2.98. The molecule has 0 saturated carbocycles. The summed E-state index contributed by atoms with van der Waals surface area (Å²) in [5.41, 5.74) is 10.9. The SMILES string of the molecule is CCCCOc1cc(C(N)=O)ccc1C(N)=O. The zero-order valence-electron chi connectivity index (χ0n) is 9.73. The molecule has 0 aliphatic heterocycles. The molecule has 0 aliphatic rings. The van der Waals surface area contributed by atoms with Gasteiger partial charge in [0.1, 0.15) is 5.75 Å². The van der Waals surface area contributed by atoms with E-state index < -0.39 is 11.8 Å². The van der Waals surface area contributed by atoms with Gasteiger partial charge in [0.2, 0.25) is 5.91 Å². The third-order valence-electron chi connectivity index (χ3n) is 2.29. The van der Waals surface area contributed by atoms with Gasteiger partial charge in [0, 0.05) is 5.56 Å². The minimum Gasteiger partial charge on any atom is -0.493 e. The predicted molar refractivity (Wildman–Crippen MR) is 63.9 cm³/mol. The highest BCUT2D eigenvalue weighted by molar-refractivity contribution is 5.99. The van der Waals surface area contributed by atoms with E-state index in [-0.39, 0.29) is 5.56 Å². The van der Waals surface area contributed by atoms with Crippen molar-refractivity contribution in [3.63, 3.8) is 0 Å². The van der Waals surface area contributed by atoms with E-state index in [4.69, 9.17) is 16.2 Å². The Morgan fingerprint density at radius 2 is 1.94 bits per heavy atom. The molecule has 0 heterocycles. The molecule has 0 radical (unpaired) electrons. The van der Waals surface area contributed by atoms with Crippen molar-refractivity contribution in [1.29, 1.82) is 0 Å². The van der Waals surface area contributed by atoms with Crippen LogP contribution < -0.4 is 16.2 Å². The fourth-order valence-corrected chi connectivity index (χ4v) is 1.33. The lowest BCUT2D eigenvalue weighted by Gasteiger charge is -2.10. The van der Waals surface area contributed by atoms with Crippen LogP contribution in [0.5, 0.6) is 5.75 Å². The largest absolute Gasteiger partial charge is 0.493 e. The Morgan fingerprint density at radius 1 is 1.24 bits per heavy atom. The van der Waals surface area contributed by atoms with Crippen LogP contribution in [-0.4, -0.2) is 18.4 Å². The Morgan fingerprint density at radius 3 is 2.47 bits per heavy atom. The maximum absolute atomic E-state index is 11.2. The summed E-state index contributed by atoms with van der Waals surface area (Å²) in [5, 5.41) is 0. The third kappa shape index (κ3) is 3.48. The van der Waals surface area contributed by atoms with Gasteiger partial charge in [0.15, 0.2) is 0 Å². The summed E-state index contributed by atoms with van der Waals surface area (Å²) in [6.07, 6.45) is 1.83. The average molecular weight is 236 g/mol. The Kier molecular flexibility index (Phi) is 4.51. The highest BCUT2D eigenvalue weighted by Crippen LogP contribution is 2.20. The van der Waals surface area contributed by atoms with E-state index in [1.807, 2.05) is 6.92 Å². The Hall–Kier alpha value is -2.04. The van der Waals surface area contributed by atoms with Gasteiger partial charge in [-0.3, -0.25) is 9.59 Å². The van der Waals surface area contributed by atoms with Gasteiger partial charge in [-0.2, -0.15) is 0 Å². The van der Waals surface area contributed by atoms with E-state index in [9.17, 15) is 9.59 Å². The normalized spacial score (nSPS) is 9.94. The molecule has 0 unspecified atom stereocenters. The number of hydrogen-bond donors (Lipinski definition) is 2. The zero-order valence-corrected chi connectivity index (χ0v) is 9.73. The van der Waals surface area contributed by atoms with Crippen LogP contribution in [0.2, 0.25) is 0 Å². The van der Waals surface area contributed by atoms with Crippen LogP contribution in [0.1, 0.15) is 40.5 Å². The molecule has 0 aromatic heterocycles. The van der Waals surface area contributed by atoms with E-state index in [1.54, 1.807) is 0 Å². The summed E-state index contributed by atoms with van der Waals surface area (Å²) >= 11 is 0. The lowest BCUT2D eigenvalue weighted by Crippen LogP contribution is -2.16. The molecule has 0 spiro atoms. The summed E-state index contributed by atoms with van der Waals surface area (Å²) in [4.78, 5) is 22.2. The van der Waals surface area contributed by atoms with Crippen molar-refractivity contribution in [3.05, 3.63) is 29.3 Å². The summed E-state index contributed by atoms with van der Waals surface area (Å²) in [7, 11) is 0. The number of amides is 2. The van der Waals surface area contributed by atoms with Gasteiger partial charge in [-0.15, -0.1) is 0 Å². The molecule has 5 heteroatoms. The summed E-state index contributed by atoms with van der Waals surface area (Å²) in [5.74, 6) is -0.851. The van der Waals surface area contributed by atoms with E-state index in [0.717, 1.165) is 12.8 Å². The second-order valence-corrected chi connectivity index (χ2v) is 3.64. The average Bonchev–Trinajstić information content (AvgIpc) is 2.28. The van der Waals surface area contributed by atoms with E-state index >= 15 is 0 Å². The number of benzene rings is 1. The Labute approximate surface area is 99.7 Å². The van der Waals surface area contributed by atoms with Crippen LogP contribution in [-0.2, 0) is 0 Å². The fraction of sp³-hybridized carbons (Fsp3) is 0.333. The van der Waals surface area contributed by atoms with Crippen molar-refractivity contribution in [1.82, 2.24) is 0 Å². The molecule has 1 rings (SSSR count). The van der Waals surface area contributed by atoms with Crippen molar-refractivity contribution < 1.29 is 14.3 Å². The highest BCUT2D eigenvalue weighted by atomic mass is 16.5. The minimum atomic E-state index is -0.590. The van der Waals surface area contributed by atoms with Crippen LogP contribution in [0.25, 0.3) is 0 Å². The molecule has 0 saturated heterocycles. The second-order valence-electron chi connectivity index (χ2n) is 3.64. The molecule has 0 atom stereocenters. The first-order chi connectivity index (χ1) is 8.06. The highest BCUT2D eigenvalue weighted by Gasteiger charge is 2.12. The van der Waals surface area contributed by atoms with Crippen molar-refractivity contribution >= 4 is 11.8 Å². The molecule has 1 aromatic carbocycles. The van der Waals surface area contributed by atoms with Gasteiger partial charge in [0.05, 0.1) is 12.2 Å². The van der Waals surface area contributed by atoms with Crippen LogP contribution >= 0.6 is 0 Å². The van der Waals surface area contributed by atoms with Gasteiger partial charge >= 0.3 is 0 Å². The number of ether oxygens (including phenoxy) is 1. The number of carbonyl (C=O) groups excluding carboxylic acids is 2. The molecule has 0 fully saturated rings. The second kappa shape index (κ2) is 5.89. The number of primary amides is 2. The number of carbonyl (C=O) groups is 2. The number of unbranched alkanes of at least 4 members (excludes halogenated alkanes) is 1. The minimum absolute atomic E-state index is 0.256. The van der Waals surface area contributed by atoms with Crippen molar-refractivity contribution in [3.8, 4) is 5.75 Å². The van der Waals surface area contributed by atoms with Crippen molar-refractivity contribution in [2.75, 3.05) is 6.61 Å². The first-order valence-corrected chi connectivity index (χ1v) is 5.42. The van der Waals surface area contributed by atoms with E-state index in [2.05, 4.69) is 0 Å². The molecule has 17 heavy (non-hydrogen) atoms. The monoisotopic (exact) mass is 236 g/mol. The first-order valence-electron chi connectivity index (χ1n) is 5.42. The maximum atomic E-state index is 11.2. The smallest absolute Gasteiger partial charge is 0.252 e. The van der Waals surface area contributed by atoms with Crippen LogP contribution in [0.3, 0.4) is 0 Å². The van der Waals surface area contributed by atoms with Crippen LogP contribution in [0, 0.1) is 0 Å². The van der Waals surface area contributed by atoms with Crippen LogP contribution in [0.15, 0.2) is 18.2 Å². The standard InChI is InChI=1S/C12H16N2O3/c1-2-3-6-17-10-7-8(11(13)15)4-5-9(10)12(14)16/h4-5,7H,2-3,6H2,1H3,(H2,13,15)(H2,14,16). The summed E-state index contributed by atoms with van der Waals surface area (Å²) in [6.45, 7) is 2.50. The van der Waals surface area contributed by atoms with Crippen molar-refractivity contribution in [2.45, 2.75) is 19.8 Å². The predicted octanol–water partition coefficient (Wildman–Crippen LogP) is 1.06.